The molecule has 3 rings (SSSR count). The van der Waals surface area contributed by atoms with E-state index in [1.165, 1.54) is 11.3 Å². The van der Waals surface area contributed by atoms with E-state index in [1.54, 1.807) is 23.5 Å². The van der Waals surface area contributed by atoms with Crippen LogP contribution in [0.1, 0.15) is 9.67 Å². The minimum Gasteiger partial charge on any atom is -0.492 e. The summed E-state index contributed by atoms with van der Waals surface area (Å²) in [5, 5.41) is 4.88. The van der Waals surface area contributed by atoms with Crippen LogP contribution in [0.5, 0.6) is 5.75 Å². The molecule has 1 aromatic carbocycles. The third-order valence-electron chi connectivity index (χ3n) is 2.88. The van der Waals surface area contributed by atoms with Crippen molar-refractivity contribution in [2.75, 3.05) is 18.9 Å². The molecule has 0 radical (unpaired) electrons. The summed E-state index contributed by atoms with van der Waals surface area (Å²) < 4.78 is 7.84. The Morgan fingerprint density at radius 3 is 2.95 bits per heavy atom. The van der Waals surface area contributed by atoms with Gasteiger partial charge in [-0.1, -0.05) is 6.07 Å². The normalized spacial score (nSPS) is 10.7. The van der Waals surface area contributed by atoms with E-state index in [0.717, 1.165) is 14.3 Å². The van der Waals surface area contributed by atoms with Gasteiger partial charge in [0.15, 0.2) is 0 Å². The van der Waals surface area contributed by atoms with Gasteiger partial charge in [-0.25, -0.2) is 0 Å². The molecule has 1 amide bonds. The zero-order valence-electron chi connectivity index (χ0n) is 11.2. The molecule has 21 heavy (non-hydrogen) atoms. The number of ether oxygens (including phenoxy) is 1. The van der Waals surface area contributed by atoms with Crippen molar-refractivity contribution in [1.82, 2.24) is 5.32 Å². The molecule has 4 nitrogen and oxygen atoms in total. The summed E-state index contributed by atoms with van der Waals surface area (Å²) >= 11 is 3.16. The Labute approximate surface area is 130 Å². The highest BCUT2D eigenvalue weighted by atomic mass is 32.1. The van der Waals surface area contributed by atoms with Crippen molar-refractivity contribution in [1.29, 1.82) is 0 Å². The van der Waals surface area contributed by atoms with E-state index < -0.39 is 0 Å². The molecule has 0 aliphatic heterocycles. The zero-order chi connectivity index (χ0) is 14.7. The molecule has 0 spiro atoms. The number of hydrogen-bond acceptors (Lipinski definition) is 5. The van der Waals surface area contributed by atoms with Crippen molar-refractivity contribution < 1.29 is 9.53 Å². The summed E-state index contributed by atoms with van der Waals surface area (Å²) in [7, 11) is 0. The van der Waals surface area contributed by atoms with Gasteiger partial charge in [0.05, 0.1) is 11.4 Å². The van der Waals surface area contributed by atoms with E-state index in [-0.39, 0.29) is 5.91 Å². The third-order valence-corrected chi connectivity index (χ3v) is 4.97. The molecule has 0 atom stereocenters. The number of benzene rings is 1. The Morgan fingerprint density at radius 2 is 2.14 bits per heavy atom. The van der Waals surface area contributed by atoms with Gasteiger partial charge in [0.2, 0.25) is 0 Å². The maximum absolute atomic E-state index is 12.0. The van der Waals surface area contributed by atoms with Crippen molar-refractivity contribution in [2.24, 2.45) is 0 Å². The van der Waals surface area contributed by atoms with Crippen LogP contribution in [-0.2, 0) is 0 Å². The van der Waals surface area contributed by atoms with E-state index >= 15 is 0 Å². The zero-order valence-corrected chi connectivity index (χ0v) is 12.8. The maximum atomic E-state index is 12.0. The summed E-state index contributed by atoms with van der Waals surface area (Å²) in [6.45, 7) is 0.869. The highest BCUT2D eigenvalue weighted by Crippen LogP contribution is 2.29. The standard InChI is InChI=1S/C15H14N2O2S2/c16-10-2-1-3-11(8-10)19-6-5-17-15(18)14-9-13-12(21-14)4-7-20-13/h1-4,7-9H,5-6,16H2,(H,17,18). The Balaban J connectivity index is 1.49. The Kier molecular flexibility index (Phi) is 4.08. The largest absolute Gasteiger partial charge is 0.492 e. The minimum atomic E-state index is -0.0559. The van der Waals surface area contributed by atoms with E-state index in [9.17, 15) is 4.79 Å². The molecule has 0 fully saturated rings. The third kappa shape index (κ3) is 3.34. The van der Waals surface area contributed by atoms with Crippen LogP contribution < -0.4 is 15.8 Å². The number of hydrogen-bond donors (Lipinski definition) is 2. The van der Waals surface area contributed by atoms with Gasteiger partial charge in [0, 0.05) is 21.2 Å². The van der Waals surface area contributed by atoms with Crippen molar-refractivity contribution in [3.63, 3.8) is 0 Å². The smallest absolute Gasteiger partial charge is 0.261 e. The second kappa shape index (κ2) is 6.15. The van der Waals surface area contributed by atoms with Crippen LogP contribution >= 0.6 is 22.7 Å². The predicted octanol–water partition coefficient (Wildman–Crippen LogP) is 3.35. The van der Waals surface area contributed by atoms with Gasteiger partial charge >= 0.3 is 0 Å². The number of amides is 1. The van der Waals surface area contributed by atoms with Gasteiger partial charge in [0.1, 0.15) is 12.4 Å². The Hall–Kier alpha value is -2.05. The lowest BCUT2D eigenvalue weighted by molar-refractivity contribution is 0.0951. The van der Waals surface area contributed by atoms with Crippen LogP contribution in [-0.4, -0.2) is 19.1 Å². The highest BCUT2D eigenvalue weighted by Gasteiger charge is 2.10. The molecule has 3 aromatic rings. The molecule has 3 N–H and O–H groups in total. The van der Waals surface area contributed by atoms with E-state index in [0.29, 0.717) is 24.6 Å². The molecule has 6 heteroatoms. The Morgan fingerprint density at radius 1 is 1.24 bits per heavy atom. The van der Waals surface area contributed by atoms with Crippen molar-refractivity contribution in [2.45, 2.75) is 0 Å². The molecular formula is C15H14N2O2S2. The first kappa shape index (κ1) is 13.9. The summed E-state index contributed by atoms with van der Waals surface area (Å²) in [4.78, 5) is 12.7. The lowest BCUT2D eigenvalue weighted by Gasteiger charge is -2.07. The summed E-state index contributed by atoms with van der Waals surface area (Å²) in [5.41, 5.74) is 6.33. The van der Waals surface area contributed by atoms with Gasteiger partial charge < -0.3 is 15.8 Å². The number of anilines is 1. The van der Waals surface area contributed by atoms with Crippen molar-refractivity contribution in [3.05, 3.63) is 46.7 Å². The highest BCUT2D eigenvalue weighted by molar-refractivity contribution is 7.27. The first-order valence-corrected chi connectivity index (χ1v) is 8.15. The van der Waals surface area contributed by atoms with Gasteiger partial charge in [0.25, 0.3) is 5.91 Å². The van der Waals surface area contributed by atoms with Crippen LogP contribution in [0, 0.1) is 0 Å². The Bertz CT molecular complexity index is 735. The minimum absolute atomic E-state index is 0.0559. The second-order valence-corrected chi connectivity index (χ2v) is 6.47. The van der Waals surface area contributed by atoms with Crippen LogP contribution in [0.3, 0.4) is 0 Å². The predicted molar refractivity (Wildman–Crippen MR) is 88.4 cm³/mol. The monoisotopic (exact) mass is 318 g/mol. The first-order valence-electron chi connectivity index (χ1n) is 6.46. The number of nitrogens with one attached hydrogen (secondary N) is 1. The second-order valence-electron chi connectivity index (χ2n) is 4.44. The van der Waals surface area contributed by atoms with Crippen molar-refractivity contribution in [3.8, 4) is 5.75 Å². The summed E-state index contributed by atoms with van der Waals surface area (Å²) in [5.74, 6) is 0.653. The average Bonchev–Trinajstić information content (AvgIpc) is 3.04. The number of nitrogens with two attached hydrogens (primary N) is 1. The molecule has 2 heterocycles. The number of rotatable bonds is 5. The van der Waals surface area contributed by atoms with Gasteiger partial charge in [-0.05, 0) is 29.6 Å². The molecule has 0 aliphatic carbocycles. The summed E-state index contributed by atoms with van der Waals surface area (Å²) in [6.07, 6.45) is 0. The SMILES string of the molecule is Nc1cccc(OCCNC(=O)c2cc3sccc3s2)c1. The lowest BCUT2D eigenvalue weighted by atomic mass is 10.3. The van der Waals surface area contributed by atoms with Crippen LogP contribution in [0.4, 0.5) is 5.69 Å². The van der Waals surface area contributed by atoms with E-state index in [4.69, 9.17) is 10.5 Å². The number of thiophene rings is 2. The number of carbonyl (C=O) groups excluding carboxylic acids is 1. The molecule has 0 saturated carbocycles. The number of nitrogen functional groups attached to an aromatic ring is 1. The molecule has 0 aliphatic rings. The number of carbonyl (C=O) groups is 1. The fourth-order valence-corrected chi connectivity index (χ4v) is 3.93. The molecule has 2 aromatic heterocycles. The molecule has 0 saturated heterocycles. The fraction of sp³-hybridized carbons (Fsp3) is 0.133. The molecule has 0 unspecified atom stereocenters. The molecule has 108 valence electrons. The van der Waals surface area contributed by atoms with Crippen LogP contribution in [0.2, 0.25) is 0 Å². The average molecular weight is 318 g/mol. The number of fused-ring (bicyclic) bond motifs is 1. The summed E-state index contributed by atoms with van der Waals surface area (Å²) in [6, 6.07) is 11.2. The molecular weight excluding hydrogens is 304 g/mol. The van der Waals surface area contributed by atoms with Crippen LogP contribution in [0.25, 0.3) is 9.40 Å². The lowest BCUT2D eigenvalue weighted by Crippen LogP contribution is -2.27. The van der Waals surface area contributed by atoms with Gasteiger partial charge in [-0.3, -0.25) is 4.79 Å². The fourth-order valence-electron chi connectivity index (χ4n) is 1.90. The van der Waals surface area contributed by atoms with Crippen LogP contribution in [0.15, 0.2) is 41.8 Å². The van der Waals surface area contributed by atoms with Crippen molar-refractivity contribution >= 4 is 43.7 Å². The van der Waals surface area contributed by atoms with E-state index in [2.05, 4.69) is 5.32 Å². The quantitative estimate of drug-likeness (QED) is 0.560. The topological polar surface area (TPSA) is 64.3 Å². The van der Waals surface area contributed by atoms with E-state index in [1.807, 2.05) is 29.6 Å². The van der Waals surface area contributed by atoms with Gasteiger partial charge in [-0.2, -0.15) is 0 Å². The van der Waals surface area contributed by atoms with Gasteiger partial charge in [-0.15, -0.1) is 22.7 Å². The maximum Gasteiger partial charge on any atom is 0.261 e. The molecule has 0 bridgehead atoms. The first-order chi connectivity index (χ1) is 10.2.